The van der Waals surface area contributed by atoms with Crippen LogP contribution in [-0.4, -0.2) is 6.04 Å². The zero-order chi connectivity index (χ0) is 10.8. The number of halogens is 2. The SMILES string of the molecule is CCC1CC1NCc1ccc(Cl)cc1Br. The molecule has 1 aromatic carbocycles. The summed E-state index contributed by atoms with van der Waals surface area (Å²) >= 11 is 9.41. The van der Waals surface area contributed by atoms with Gasteiger partial charge in [-0.2, -0.15) is 0 Å². The second-order valence-corrected chi connectivity index (χ2v) is 5.42. The largest absolute Gasteiger partial charge is 0.310 e. The summed E-state index contributed by atoms with van der Waals surface area (Å²) in [7, 11) is 0. The lowest BCUT2D eigenvalue weighted by Crippen LogP contribution is -2.17. The molecule has 1 saturated carbocycles. The highest BCUT2D eigenvalue weighted by atomic mass is 79.9. The molecule has 1 aliphatic carbocycles. The second-order valence-electron chi connectivity index (χ2n) is 4.13. The van der Waals surface area contributed by atoms with Crippen LogP contribution in [0.25, 0.3) is 0 Å². The zero-order valence-electron chi connectivity index (χ0n) is 8.76. The van der Waals surface area contributed by atoms with E-state index in [1.807, 2.05) is 12.1 Å². The van der Waals surface area contributed by atoms with E-state index in [0.717, 1.165) is 28.0 Å². The van der Waals surface area contributed by atoms with Crippen LogP contribution in [0.3, 0.4) is 0 Å². The average molecular weight is 289 g/mol. The molecule has 0 saturated heterocycles. The molecule has 0 spiro atoms. The van der Waals surface area contributed by atoms with Crippen LogP contribution in [0.5, 0.6) is 0 Å². The molecule has 1 nitrogen and oxygen atoms in total. The third-order valence-corrected chi connectivity index (χ3v) is 3.99. The third kappa shape index (κ3) is 2.96. The Morgan fingerprint density at radius 3 is 2.93 bits per heavy atom. The van der Waals surface area contributed by atoms with Gasteiger partial charge in [0.1, 0.15) is 0 Å². The van der Waals surface area contributed by atoms with E-state index >= 15 is 0 Å². The van der Waals surface area contributed by atoms with Gasteiger partial charge in [-0.25, -0.2) is 0 Å². The van der Waals surface area contributed by atoms with E-state index in [-0.39, 0.29) is 0 Å². The summed E-state index contributed by atoms with van der Waals surface area (Å²) in [5, 5.41) is 4.34. The lowest BCUT2D eigenvalue weighted by atomic mass is 10.2. The van der Waals surface area contributed by atoms with Crippen LogP contribution in [0.4, 0.5) is 0 Å². The number of hydrogen-bond acceptors (Lipinski definition) is 1. The van der Waals surface area contributed by atoms with Crippen LogP contribution in [0, 0.1) is 5.92 Å². The maximum absolute atomic E-state index is 5.89. The quantitative estimate of drug-likeness (QED) is 0.883. The van der Waals surface area contributed by atoms with Crippen LogP contribution >= 0.6 is 27.5 Å². The molecule has 0 bridgehead atoms. The van der Waals surface area contributed by atoms with Gasteiger partial charge in [-0.15, -0.1) is 0 Å². The van der Waals surface area contributed by atoms with Crippen LogP contribution < -0.4 is 5.32 Å². The van der Waals surface area contributed by atoms with Crippen molar-refractivity contribution in [3.05, 3.63) is 33.3 Å². The minimum Gasteiger partial charge on any atom is -0.310 e. The Morgan fingerprint density at radius 1 is 1.53 bits per heavy atom. The van der Waals surface area contributed by atoms with Gasteiger partial charge >= 0.3 is 0 Å². The maximum Gasteiger partial charge on any atom is 0.0417 e. The molecular formula is C12H15BrClN. The molecule has 1 fully saturated rings. The minimum absolute atomic E-state index is 0.734. The Morgan fingerprint density at radius 2 is 2.33 bits per heavy atom. The van der Waals surface area contributed by atoms with Crippen LogP contribution in [-0.2, 0) is 6.54 Å². The summed E-state index contributed by atoms with van der Waals surface area (Å²) in [5.74, 6) is 0.899. The van der Waals surface area contributed by atoms with E-state index < -0.39 is 0 Å². The van der Waals surface area contributed by atoms with Gasteiger partial charge in [0.2, 0.25) is 0 Å². The Kier molecular flexibility index (Phi) is 3.70. The summed E-state index contributed by atoms with van der Waals surface area (Å²) in [6.07, 6.45) is 2.63. The molecule has 82 valence electrons. The van der Waals surface area contributed by atoms with Gasteiger partial charge in [0.15, 0.2) is 0 Å². The molecule has 1 N–H and O–H groups in total. The van der Waals surface area contributed by atoms with Crippen LogP contribution in [0.2, 0.25) is 5.02 Å². The predicted molar refractivity (Wildman–Crippen MR) is 68.2 cm³/mol. The van der Waals surface area contributed by atoms with E-state index in [1.165, 1.54) is 18.4 Å². The van der Waals surface area contributed by atoms with Crippen molar-refractivity contribution in [2.45, 2.75) is 32.4 Å². The highest BCUT2D eigenvalue weighted by Gasteiger charge is 2.34. The van der Waals surface area contributed by atoms with Gasteiger partial charge in [0.25, 0.3) is 0 Å². The Labute approximate surface area is 104 Å². The first kappa shape index (κ1) is 11.4. The molecule has 0 aromatic heterocycles. The second kappa shape index (κ2) is 4.86. The normalized spacial score (nSPS) is 24.2. The van der Waals surface area contributed by atoms with Crippen molar-refractivity contribution < 1.29 is 0 Å². The number of nitrogens with one attached hydrogen (secondary N) is 1. The number of rotatable bonds is 4. The van der Waals surface area contributed by atoms with Crippen molar-refractivity contribution >= 4 is 27.5 Å². The minimum atomic E-state index is 0.734. The zero-order valence-corrected chi connectivity index (χ0v) is 11.1. The standard InChI is InChI=1S/C12H15BrClN/c1-2-8-5-12(8)15-7-9-3-4-10(14)6-11(9)13/h3-4,6,8,12,15H,2,5,7H2,1H3. The van der Waals surface area contributed by atoms with Gasteiger partial charge < -0.3 is 5.32 Å². The smallest absolute Gasteiger partial charge is 0.0417 e. The molecule has 2 rings (SSSR count). The first-order valence-corrected chi connectivity index (χ1v) is 6.55. The van der Waals surface area contributed by atoms with Gasteiger partial charge in [-0.05, 0) is 30.0 Å². The fourth-order valence-electron chi connectivity index (χ4n) is 1.85. The van der Waals surface area contributed by atoms with Crippen LogP contribution in [0.1, 0.15) is 25.3 Å². The Bertz CT molecular complexity index is 353. The van der Waals surface area contributed by atoms with Gasteiger partial charge in [-0.1, -0.05) is 46.9 Å². The van der Waals surface area contributed by atoms with E-state index in [9.17, 15) is 0 Å². The van der Waals surface area contributed by atoms with Crippen molar-refractivity contribution in [3.8, 4) is 0 Å². The fourth-order valence-corrected chi connectivity index (χ4v) is 2.68. The highest BCUT2D eigenvalue weighted by Crippen LogP contribution is 2.33. The fraction of sp³-hybridized carbons (Fsp3) is 0.500. The van der Waals surface area contributed by atoms with E-state index in [4.69, 9.17) is 11.6 Å². The van der Waals surface area contributed by atoms with E-state index in [0.29, 0.717) is 0 Å². The molecular weight excluding hydrogens is 273 g/mol. The summed E-state index contributed by atoms with van der Waals surface area (Å²) in [4.78, 5) is 0. The first-order valence-electron chi connectivity index (χ1n) is 5.38. The van der Waals surface area contributed by atoms with Gasteiger partial charge in [-0.3, -0.25) is 0 Å². The van der Waals surface area contributed by atoms with Crippen molar-refractivity contribution in [1.29, 1.82) is 0 Å². The molecule has 1 aromatic rings. The van der Waals surface area contributed by atoms with Crippen molar-refractivity contribution in [2.24, 2.45) is 5.92 Å². The van der Waals surface area contributed by atoms with Crippen LogP contribution in [0.15, 0.2) is 22.7 Å². The van der Waals surface area contributed by atoms with Gasteiger partial charge in [0.05, 0.1) is 0 Å². The lowest BCUT2D eigenvalue weighted by molar-refractivity contribution is 0.622. The molecule has 3 heteroatoms. The number of hydrogen-bond donors (Lipinski definition) is 1. The molecule has 1 aliphatic rings. The first-order chi connectivity index (χ1) is 7.20. The topological polar surface area (TPSA) is 12.0 Å². The average Bonchev–Trinajstić information content (AvgIpc) is 2.95. The van der Waals surface area contributed by atoms with Crippen molar-refractivity contribution in [2.75, 3.05) is 0 Å². The molecule has 0 aliphatic heterocycles. The molecule has 0 heterocycles. The third-order valence-electron chi connectivity index (χ3n) is 3.02. The Hall–Kier alpha value is -0.0500. The van der Waals surface area contributed by atoms with E-state index in [1.54, 1.807) is 0 Å². The predicted octanol–water partition coefficient (Wildman–Crippen LogP) is 3.99. The lowest BCUT2D eigenvalue weighted by Gasteiger charge is -2.06. The summed E-state index contributed by atoms with van der Waals surface area (Å²) in [6, 6.07) is 6.69. The highest BCUT2D eigenvalue weighted by molar-refractivity contribution is 9.10. The monoisotopic (exact) mass is 287 g/mol. The summed E-state index contributed by atoms with van der Waals surface area (Å²) in [5.41, 5.74) is 1.28. The molecule has 15 heavy (non-hydrogen) atoms. The number of benzene rings is 1. The van der Waals surface area contributed by atoms with Crippen molar-refractivity contribution in [1.82, 2.24) is 5.32 Å². The van der Waals surface area contributed by atoms with E-state index in [2.05, 4.69) is 34.2 Å². The Balaban J connectivity index is 1.88. The molecule has 0 radical (unpaired) electrons. The molecule has 0 amide bonds. The molecule has 2 unspecified atom stereocenters. The van der Waals surface area contributed by atoms with Crippen molar-refractivity contribution in [3.63, 3.8) is 0 Å². The van der Waals surface area contributed by atoms with Gasteiger partial charge in [0, 0.05) is 22.1 Å². The summed E-state index contributed by atoms with van der Waals surface area (Å²) < 4.78 is 1.09. The molecule has 2 atom stereocenters. The summed E-state index contributed by atoms with van der Waals surface area (Å²) in [6.45, 7) is 3.18. The maximum atomic E-state index is 5.89.